The zero-order chi connectivity index (χ0) is 15.4. The van der Waals surface area contributed by atoms with Crippen molar-refractivity contribution in [2.75, 3.05) is 13.6 Å². The number of rotatable bonds is 5. The van der Waals surface area contributed by atoms with Crippen molar-refractivity contribution in [2.24, 2.45) is 5.73 Å². The van der Waals surface area contributed by atoms with Crippen molar-refractivity contribution in [1.29, 1.82) is 0 Å². The van der Waals surface area contributed by atoms with Crippen molar-refractivity contribution < 1.29 is 4.79 Å². The molecule has 1 amide bonds. The molecule has 21 heavy (non-hydrogen) atoms. The Labute approximate surface area is 122 Å². The monoisotopic (exact) mass is 289 g/mol. The fourth-order valence-corrected chi connectivity index (χ4v) is 1.95. The molecule has 0 aliphatic rings. The number of aromatic nitrogens is 3. The normalized spacial score (nSPS) is 12.3. The second-order valence-corrected chi connectivity index (χ2v) is 4.97. The largest absolute Gasteiger partial charge is 0.342 e. The molecule has 0 spiro atoms. The number of aryl methyl sites for hydroxylation is 1. The van der Waals surface area contributed by atoms with Gasteiger partial charge in [0.1, 0.15) is 5.52 Å². The average Bonchev–Trinajstić information content (AvgIpc) is 2.52. The second-order valence-electron chi connectivity index (χ2n) is 4.97. The minimum atomic E-state index is -0.233. The molecule has 1 aromatic carbocycles. The highest BCUT2D eigenvalue weighted by Gasteiger charge is 2.15. The molecule has 0 radical (unpaired) electrons. The van der Waals surface area contributed by atoms with E-state index in [1.807, 2.05) is 6.92 Å². The quantitative estimate of drug-likeness (QED) is 0.835. The highest BCUT2D eigenvalue weighted by Crippen LogP contribution is 2.04. The average molecular weight is 289 g/mol. The maximum absolute atomic E-state index is 12.2. The third-order valence-corrected chi connectivity index (χ3v) is 3.56. The molecule has 0 aliphatic carbocycles. The lowest BCUT2D eigenvalue weighted by atomic mass is 10.2. The van der Waals surface area contributed by atoms with Crippen LogP contribution in [0.3, 0.4) is 0 Å². The molecule has 1 atom stereocenters. The number of likely N-dealkylation sites (N-methyl/N-ethyl adjacent to an activating group) is 1. The van der Waals surface area contributed by atoms with Crippen LogP contribution in [0.4, 0.5) is 0 Å². The smallest absolute Gasteiger partial charge is 0.277 e. The Balaban J connectivity index is 2.12. The first-order chi connectivity index (χ1) is 10.0. The summed E-state index contributed by atoms with van der Waals surface area (Å²) in [6, 6.07) is 6.98. The lowest BCUT2D eigenvalue weighted by Crippen LogP contribution is -2.40. The molecule has 0 saturated heterocycles. The van der Waals surface area contributed by atoms with Gasteiger partial charge in [0.05, 0.1) is 11.9 Å². The number of carbonyl (C=O) groups is 1. The van der Waals surface area contributed by atoms with Gasteiger partial charge in [0.15, 0.2) is 0 Å². The summed E-state index contributed by atoms with van der Waals surface area (Å²) in [6.45, 7) is 2.48. The van der Waals surface area contributed by atoms with Crippen LogP contribution in [0, 0.1) is 0 Å². The van der Waals surface area contributed by atoms with Crippen molar-refractivity contribution in [3.8, 4) is 0 Å². The molecule has 1 heterocycles. The maximum atomic E-state index is 12.2. The van der Waals surface area contributed by atoms with Crippen molar-refractivity contribution in [1.82, 2.24) is 19.9 Å². The highest BCUT2D eigenvalue weighted by molar-refractivity contribution is 5.77. The molecule has 1 unspecified atom stereocenters. The van der Waals surface area contributed by atoms with E-state index in [0.29, 0.717) is 17.4 Å². The molecule has 0 aliphatic heterocycles. The fourth-order valence-electron chi connectivity index (χ4n) is 1.95. The number of benzene rings is 1. The number of hydrogen-bond acceptors (Lipinski definition) is 5. The zero-order valence-electron chi connectivity index (χ0n) is 12.2. The van der Waals surface area contributed by atoms with Gasteiger partial charge in [0, 0.05) is 26.1 Å². The Bertz CT molecular complexity index is 697. The number of hydrogen-bond donors (Lipinski definition) is 1. The van der Waals surface area contributed by atoms with Gasteiger partial charge in [-0.25, -0.2) is 4.68 Å². The van der Waals surface area contributed by atoms with Crippen molar-refractivity contribution in [3.63, 3.8) is 0 Å². The Hall–Kier alpha value is -2.28. The van der Waals surface area contributed by atoms with Gasteiger partial charge in [-0.2, -0.15) is 0 Å². The summed E-state index contributed by atoms with van der Waals surface area (Å²) in [6.07, 6.45) is 0.188. The molecule has 0 bridgehead atoms. The van der Waals surface area contributed by atoms with E-state index < -0.39 is 0 Å². The number of nitrogens with zero attached hydrogens (tertiary/aromatic N) is 4. The van der Waals surface area contributed by atoms with Gasteiger partial charge in [-0.1, -0.05) is 17.3 Å². The van der Waals surface area contributed by atoms with Gasteiger partial charge in [0.2, 0.25) is 5.91 Å². The van der Waals surface area contributed by atoms with E-state index in [0.717, 1.165) is 0 Å². The molecule has 0 saturated carbocycles. The summed E-state index contributed by atoms with van der Waals surface area (Å²) < 4.78 is 1.22. The minimum absolute atomic E-state index is 0.0306. The van der Waals surface area contributed by atoms with Crippen molar-refractivity contribution in [2.45, 2.75) is 25.9 Å². The molecule has 1 aromatic heterocycles. The summed E-state index contributed by atoms with van der Waals surface area (Å²) in [5, 5.41) is 8.35. The van der Waals surface area contributed by atoms with E-state index in [1.54, 1.807) is 36.2 Å². The highest BCUT2D eigenvalue weighted by atomic mass is 16.2. The summed E-state index contributed by atoms with van der Waals surface area (Å²) in [5.74, 6) is -0.0743. The van der Waals surface area contributed by atoms with E-state index in [4.69, 9.17) is 5.73 Å². The number of carbonyl (C=O) groups excluding carboxylic acids is 1. The molecule has 112 valence electrons. The van der Waals surface area contributed by atoms with Crippen LogP contribution in [-0.4, -0.2) is 45.4 Å². The van der Waals surface area contributed by atoms with Crippen LogP contribution in [-0.2, 0) is 11.3 Å². The first kappa shape index (κ1) is 15.1. The van der Waals surface area contributed by atoms with E-state index in [2.05, 4.69) is 10.3 Å². The second kappa shape index (κ2) is 6.45. The number of nitrogens with two attached hydrogens (primary N) is 1. The van der Waals surface area contributed by atoms with E-state index in [1.165, 1.54) is 4.68 Å². The molecular formula is C14H19N5O2. The fraction of sp³-hybridized carbons (Fsp3) is 0.429. The summed E-state index contributed by atoms with van der Waals surface area (Å²) in [7, 11) is 1.70. The lowest BCUT2D eigenvalue weighted by molar-refractivity contribution is -0.131. The van der Waals surface area contributed by atoms with E-state index in [9.17, 15) is 9.59 Å². The topological polar surface area (TPSA) is 94.1 Å². The molecule has 2 rings (SSSR count). The van der Waals surface area contributed by atoms with Crippen molar-refractivity contribution in [3.05, 3.63) is 34.6 Å². The predicted molar refractivity (Wildman–Crippen MR) is 79.7 cm³/mol. The van der Waals surface area contributed by atoms with Crippen LogP contribution >= 0.6 is 0 Å². The molecule has 2 N–H and O–H groups in total. The van der Waals surface area contributed by atoms with E-state index >= 15 is 0 Å². The Morgan fingerprint density at radius 1 is 1.43 bits per heavy atom. The zero-order valence-corrected chi connectivity index (χ0v) is 12.2. The van der Waals surface area contributed by atoms with Crippen LogP contribution in [0.2, 0.25) is 0 Å². The molecule has 7 heteroatoms. The first-order valence-corrected chi connectivity index (χ1v) is 6.83. The minimum Gasteiger partial charge on any atom is -0.342 e. The Morgan fingerprint density at radius 2 is 2.14 bits per heavy atom. The van der Waals surface area contributed by atoms with Crippen LogP contribution in [0.1, 0.15) is 13.3 Å². The number of fused-ring (bicyclic) bond motifs is 1. The maximum Gasteiger partial charge on any atom is 0.277 e. The lowest BCUT2D eigenvalue weighted by Gasteiger charge is -2.23. The molecular weight excluding hydrogens is 270 g/mol. The summed E-state index contributed by atoms with van der Waals surface area (Å²) in [5.41, 5.74) is 5.85. The van der Waals surface area contributed by atoms with Gasteiger partial charge >= 0.3 is 0 Å². The summed E-state index contributed by atoms with van der Waals surface area (Å²) >= 11 is 0. The molecule has 2 aromatic rings. The van der Waals surface area contributed by atoms with Gasteiger partial charge in [-0.15, -0.1) is 5.10 Å². The van der Waals surface area contributed by atoms with Crippen LogP contribution in [0.15, 0.2) is 29.1 Å². The van der Waals surface area contributed by atoms with Crippen LogP contribution in [0.25, 0.3) is 10.9 Å². The standard InChI is InChI=1S/C14H19N5O2/c1-10(9-15)18(2)13(20)7-8-19-14(21)11-5-3-4-6-12(11)16-17-19/h3-6,10H,7-9,15H2,1-2H3. The molecule has 7 nitrogen and oxygen atoms in total. The SMILES string of the molecule is CC(CN)N(C)C(=O)CCn1nnc2ccccc2c1=O. The summed E-state index contributed by atoms with van der Waals surface area (Å²) in [4.78, 5) is 25.8. The third kappa shape index (κ3) is 3.25. The Kier molecular flexibility index (Phi) is 4.64. The molecule has 0 fully saturated rings. The van der Waals surface area contributed by atoms with Crippen LogP contribution in [0.5, 0.6) is 0 Å². The van der Waals surface area contributed by atoms with Crippen molar-refractivity contribution >= 4 is 16.8 Å². The Morgan fingerprint density at radius 3 is 2.86 bits per heavy atom. The predicted octanol–water partition coefficient (Wildman–Crippen LogP) is -0.0128. The van der Waals surface area contributed by atoms with E-state index in [-0.39, 0.29) is 30.5 Å². The van der Waals surface area contributed by atoms with Gasteiger partial charge in [-0.3, -0.25) is 9.59 Å². The van der Waals surface area contributed by atoms with Gasteiger partial charge < -0.3 is 10.6 Å². The number of amides is 1. The van der Waals surface area contributed by atoms with Gasteiger partial charge in [-0.05, 0) is 19.1 Å². The van der Waals surface area contributed by atoms with Gasteiger partial charge in [0.25, 0.3) is 5.56 Å². The van der Waals surface area contributed by atoms with Crippen LogP contribution < -0.4 is 11.3 Å². The first-order valence-electron chi connectivity index (χ1n) is 6.83. The third-order valence-electron chi connectivity index (χ3n) is 3.56.